The molecule has 2 fully saturated rings. The zero-order valence-electron chi connectivity index (χ0n) is 13.5. The number of hydrogen-bond donors (Lipinski definition) is 1. The fourth-order valence-electron chi connectivity index (χ4n) is 3.90. The Bertz CT molecular complexity index is 360. The molecule has 1 saturated heterocycles. The highest BCUT2D eigenvalue weighted by Gasteiger charge is 2.40. The average Bonchev–Trinajstić information content (AvgIpc) is 2.88. The zero-order valence-corrected chi connectivity index (χ0v) is 13.5. The largest absolute Gasteiger partial charge is 0.305 e. The quantitative estimate of drug-likeness (QED) is 0.852. The van der Waals surface area contributed by atoms with Gasteiger partial charge in [0.1, 0.15) is 5.54 Å². The monoisotopic (exact) mass is 278 g/mol. The van der Waals surface area contributed by atoms with Gasteiger partial charge in [-0.25, -0.2) is 0 Å². The van der Waals surface area contributed by atoms with Crippen molar-refractivity contribution in [2.75, 3.05) is 27.2 Å². The first-order valence-corrected chi connectivity index (χ1v) is 8.05. The molecule has 3 atom stereocenters. The maximum absolute atomic E-state index is 9.65. The van der Waals surface area contributed by atoms with E-state index in [0.29, 0.717) is 18.1 Å². The lowest BCUT2D eigenvalue weighted by Gasteiger charge is -2.41. The van der Waals surface area contributed by atoms with Crippen molar-refractivity contribution in [3.8, 4) is 6.07 Å². The molecule has 2 rings (SSSR count). The summed E-state index contributed by atoms with van der Waals surface area (Å²) in [4.78, 5) is 4.96. The van der Waals surface area contributed by atoms with E-state index < -0.39 is 0 Å². The smallest absolute Gasteiger partial charge is 0.108 e. The standard InChI is InChI=1S/C16H30N4/c1-13(2)18-16(12-17)8-5-6-14(10-16)20-9-7-15(11-20)19(3)4/h13-15,18H,5-11H2,1-4H3. The van der Waals surface area contributed by atoms with Crippen molar-refractivity contribution in [3.05, 3.63) is 0 Å². The SMILES string of the molecule is CC(C)NC1(C#N)CCCC(N2CCC(N(C)C)C2)C1. The third-order valence-corrected chi connectivity index (χ3v) is 4.95. The van der Waals surface area contributed by atoms with Crippen LogP contribution in [0, 0.1) is 11.3 Å². The van der Waals surface area contributed by atoms with E-state index in [1.165, 1.54) is 32.4 Å². The van der Waals surface area contributed by atoms with E-state index >= 15 is 0 Å². The lowest BCUT2D eigenvalue weighted by atomic mass is 9.79. The maximum Gasteiger partial charge on any atom is 0.108 e. The molecule has 2 aliphatic rings. The fraction of sp³-hybridized carbons (Fsp3) is 0.938. The second-order valence-electron chi connectivity index (χ2n) is 7.14. The summed E-state index contributed by atoms with van der Waals surface area (Å²) in [5, 5.41) is 13.2. The lowest BCUT2D eigenvalue weighted by molar-refractivity contribution is 0.131. The summed E-state index contributed by atoms with van der Waals surface area (Å²) in [6.45, 7) is 6.64. The average molecular weight is 278 g/mol. The molecule has 1 aliphatic heterocycles. The Labute approximate surface area is 124 Å². The minimum absolute atomic E-state index is 0.298. The first-order chi connectivity index (χ1) is 9.46. The number of likely N-dealkylation sites (N-methyl/N-ethyl adjacent to an activating group) is 1. The van der Waals surface area contributed by atoms with Gasteiger partial charge in [0, 0.05) is 31.2 Å². The van der Waals surface area contributed by atoms with Crippen molar-refractivity contribution < 1.29 is 0 Å². The van der Waals surface area contributed by atoms with E-state index in [2.05, 4.69) is 49.1 Å². The van der Waals surface area contributed by atoms with E-state index in [0.717, 1.165) is 12.8 Å². The van der Waals surface area contributed by atoms with Crippen LogP contribution < -0.4 is 5.32 Å². The highest BCUT2D eigenvalue weighted by molar-refractivity contribution is 5.12. The van der Waals surface area contributed by atoms with Crippen LogP contribution in [0.5, 0.6) is 0 Å². The molecule has 0 amide bonds. The minimum atomic E-state index is -0.298. The Hall–Kier alpha value is -0.630. The van der Waals surface area contributed by atoms with Crippen molar-refractivity contribution in [3.63, 3.8) is 0 Å². The van der Waals surface area contributed by atoms with Crippen molar-refractivity contribution in [2.24, 2.45) is 0 Å². The molecule has 0 aromatic heterocycles. The maximum atomic E-state index is 9.65. The predicted molar refractivity (Wildman–Crippen MR) is 82.5 cm³/mol. The summed E-state index contributed by atoms with van der Waals surface area (Å²) >= 11 is 0. The number of likely N-dealkylation sites (tertiary alicyclic amines) is 1. The highest BCUT2D eigenvalue weighted by Crippen LogP contribution is 2.33. The molecule has 0 bridgehead atoms. The summed E-state index contributed by atoms with van der Waals surface area (Å²) < 4.78 is 0. The van der Waals surface area contributed by atoms with Crippen molar-refractivity contribution >= 4 is 0 Å². The molecule has 0 aromatic rings. The summed E-state index contributed by atoms with van der Waals surface area (Å²) in [5.74, 6) is 0. The van der Waals surface area contributed by atoms with Crippen molar-refractivity contribution in [1.29, 1.82) is 5.26 Å². The van der Waals surface area contributed by atoms with Crippen LogP contribution in [-0.2, 0) is 0 Å². The number of hydrogen-bond acceptors (Lipinski definition) is 4. The molecule has 4 heteroatoms. The molecular formula is C16H30N4. The summed E-state index contributed by atoms with van der Waals surface area (Å²) in [6.07, 6.45) is 5.68. The Morgan fingerprint density at radius 3 is 2.65 bits per heavy atom. The topological polar surface area (TPSA) is 42.3 Å². The Morgan fingerprint density at radius 2 is 2.10 bits per heavy atom. The van der Waals surface area contributed by atoms with Crippen LogP contribution in [0.2, 0.25) is 0 Å². The Kier molecular flexibility index (Phi) is 5.06. The normalized spacial score (nSPS) is 35.6. The van der Waals surface area contributed by atoms with E-state index in [1.54, 1.807) is 0 Å². The van der Waals surface area contributed by atoms with Gasteiger partial charge in [-0.2, -0.15) is 5.26 Å². The number of rotatable bonds is 4. The Balaban J connectivity index is 1.98. The van der Waals surface area contributed by atoms with Gasteiger partial charge in [0.15, 0.2) is 0 Å². The van der Waals surface area contributed by atoms with E-state index in [1.807, 2.05) is 0 Å². The van der Waals surface area contributed by atoms with Gasteiger partial charge in [-0.1, -0.05) is 0 Å². The molecule has 4 nitrogen and oxygen atoms in total. The predicted octanol–water partition coefficient (Wildman–Crippen LogP) is 1.83. The second-order valence-corrected chi connectivity index (χ2v) is 7.14. The molecule has 0 aromatic carbocycles. The summed E-state index contributed by atoms with van der Waals surface area (Å²) in [5.41, 5.74) is -0.298. The minimum Gasteiger partial charge on any atom is -0.305 e. The molecule has 1 aliphatic carbocycles. The molecule has 1 N–H and O–H groups in total. The molecule has 20 heavy (non-hydrogen) atoms. The molecule has 0 radical (unpaired) electrons. The first-order valence-electron chi connectivity index (χ1n) is 8.05. The van der Waals surface area contributed by atoms with Crippen LogP contribution in [0.15, 0.2) is 0 Å². The third kappa shape index (κ3) is 3.52. The second kappa shape index (κ2) is 6.43. The van der Waals surface area contributed by atoms with Crippen LogP contribution in [-0.4, -0.2) is 60.6 Å². The van der Waals surface area contributed by atoms with Crippen LogP contribution in [0.25, 0.3) is 0 Å². The van der Waals surface area contributed by atoms with Gasteiger partial charge >= 0.3 is 0 Å². The fourth-order valence-corrected chi connectivity index (χ4v) is 3.90. The molecule has 114 valence electrons. The van der Waals surface area contributed by atoms with E-state index in [4.69, 9.17) is 0 Å². The molecule has 1 saturated carbocycles. The van der Waals surface area contributed by atoms with Gasteiger partial charge in [0.2, 0.25) is 0 Å². The summed E-state index contributed by atoms with van der Waals surface area (Å²) in [6, 6.07) is 4.23. The summed E-state index contributed by atoms with van der Waals surface area (Å²) in [7, 11) is 4.35. The van der Waals surface area contributed by atoms with Gasteiger partial charge in [0.25, 0.3) is 0 Å². The van der Waals surface area contributed by atoms with Gasteiger partial charge in [-0.15, -0.1) is 0 Å². The van der Waals surface area contributed by atoms with Crippen molar-refractivity contribution in [2.45, 2.75) is 69.6 Å². The number of nitrogens with one attached hydrogen (secondary N) is 1. The lowest BCUT2D eigenvalue weighted by Crippen LogP contribution is -2.54. The van der Waals surface area contributed by atoms with Gasteiger partial charge in [-0.3, -0.25) is 10.2 Å². The van der Waals surface area contributed by atoms with E-state index in [9.17, 15) is 5.26 Å². The van der Waals surface area contributed by atoms with Crippen LogP contribution >= 0.6 is 0 Å². The Morgan fingerprint density at radius 1 is 1.35 bits per heavy atom. The molecule has 3 unspecified atom stereocenters. The van der Waals surface area contributed by atoms with Crippen LogP contribution in [0.3, 0.4) is 0 Å². The van der Waals surface area contributed by atoms with Crippen LogP contribution in [0.1, 0.15) is 46.0 Å². The molecular weight excluding hydrogens is 248 g/mol. The highest BCUT2D eigenvalue weighted by atomic mass is 15.3. The first kappa shape index (κ1) is 15.8. The molecule has 0 spiro atoms. The van der Waals surface area contributed by atoms with Crippen molar-refractivity contribution in [1.82, 2.24) is 15.1 Å². The van der Waals surface area contributed by atoms with Gasteiger partial charge < -0.3 is 4.90 Å². The van der Waals surface area contributed by atoms with Gasteiger partial charge in [-0.05, 0) is 60.0 Å². The molecule has 1 heterocycles. The van der Waals surface area contributed by atoms with Gasteiger partial charge in [0.05, 0.1) is 6.07 Å². The third-order valence-electron chi connectivity index (χ3n) is 4.95. The van der Waals surface area contributed by atoms with Crippen LogP contribution in [0.4, 0.5) is 0 Å². The number of nitrogens with zero attached hydrogens (tertiary/aromatic N) is 3. The number of nitriles is 1. The zero-order chi connectivity index (χ0) is 14.8. The van der Waals surface area contributed by atoms with E-state index in [-0.39, 0.29) is 5.54 Å².